The molecule has 2 aromatic carbocycles. The molecule has 2 aromatic rings. The minimum absolute atomic E-state index is 0.0717. The van der Waals surface area contributed by atoms with Crippen molar-refractivity contribution in [3.8, 4) is 0 Å². The van der Waals surface area contributed by atoms with Gasteiger partial charge in [-0.15, -0.1) is 0 Å². The maximum absolute atomic E-state index is 13.1. The van der Waals surface area contributed by atoms with Gasteiger partial charge in [-0.25, -0.2) is 0 Å². The fraction of sp³-hybridized carbons (Fsp3) is 0.400. The summed E-state index contributed by atoms with van der Waals surface area (Å²) in [7, 11) is 0. The lowest BCUT2D eigenvalue weighted by Gasteiger charge is -2.26. The second-order valence-corrected chi connectivity index (χ2v) is 9.26. The molecule has 0 spiro atoms. The molecule has 1 unspecified atom stereocenters. The van der Waals surface area contributed by atoms with Crippen molar-refractivity contribution in [2.75, 3.05) is 19.7 Å². The SMILES string of the molecule is CC(C)(CNC(=O)c1ccc2c(c1)C(=O)N(CC1CCCO1)C2=O)c1cccc(C(F)(F)F)c1. The number of hydrogen-bond acceptors (Lipinski definition) is 4. The summed E-state index contributed by atoms with van der Waals surface area (Å²) in [6.45, 7) is 4.32. The first kappa shape index (κ1) is 23.9. The van der Waals surface area contributed by atoms with Gasteiger partial charge in [0.25, 0.3) is 17.7 Å². The lowest BCUT2D eigenvalue weighted by molar-refractivity contribution is -0.137. The Balaban J connectivity index is 1.45. The number of ether oxygens (including phenoxy) is 1. The number of benzene rings is 2. The molecule has 0 saturated carbocycles. The third kappa shape index (κ3) is 4.70. The molecule has 6 nitrogen and oxygen atoms in total. The molecule has 0 bridgehead atoms. The van der Waals surface area contributed by atoms with Crippen molar-refractivity contribution in [3.05, 3.63) is 70.3 Å². The van der Waals surface area contributed by atoms with Crippen molar-refractivity contribution < 1.29 is 32.3 Å². The molecule has 34 heavy (non-hydrogen) atoms. The van der Waals surface area contributed by atoms with Crippen LogP contribution >= 0.6 is 0 Å². The van der Waals surface area contributed by atoms with Crippen molar-refractivity contribution in [1.29, 1.82) is 0 Å². The highest BCUT2D eigenvalue weighted by molar-refractivity contribution is 6.22. The Kier molecular flexibility index (Phi) is 6.24. The number of nitrogens with zero attached hydrogens (tertiary/aromatic N) is 1. The topological polar surface area (TPSA) is 75.7 Å². The van der Waals surface area contributed by atoms with Gasteiger partial charge in [-0.2, -0.15) is 13.2 Å². The summed E-state index contributed by atoms with van der Waals surface area (Å²) in [5, 5.41) is 2.73. The molecule has 4 rings (SSSR count). The van der Waals surface area contributed by atoms with E-state index in [1.54, 1.807) is 19.9 Å². The Labute approximate surface area is 195 Å². The molecule has 3 amide bonds. The number of amides is 3. The zero-order valence-corrected chi connectivity index (χ0v) is 18.9. The van der Waals surface area contributed by atoms with Crippen molar-refractivity contribution >= 4 is 17.7 Å². The Morgan fingerprint density at radius 1 is 1.06 bits per heavy atom. The number of imide groups is 1. The average Bonchev–Trinajstić information content (AvgIpc) is 3.40. The van der Waals surface area contributed by atoms with Gasteiger partial charge in [0, 0.05) is 24.1 Å². The fourth-order valence-electron chi connectivity index (χ4n) is 4.21. The Bertz CT molecular complexity index is 1140. The zero-order valence-electron chi connectivity index (χ0n) is 18.9. The number of halogens is 3. The number of fused-ring (bicyclic) bond motifs is 1. The van der Waals surface area contributed by atoms with Gasteiger partial charge in [-0.3, -0.25) is 19.3 Å². The van der Waals surface area contributed by atoms with Crippen LogP contribution < -0.4 is 5.32 Å². The predicted octanol–water partition coefficient (Wildman–Crippen LogP) is 4.19. The van der Waals surface area contributed by atoms with Gasteiger partial charge in [0.2, 0.25) is 0 Å². The van der Waals surface area contributed by atoms with Crippen LogP contribution in [0.5, 0.6) is 0 Å². The molecule has 1 N–H and O–H groups in total. The summed E-state index contributed by atoms with van der Waals surface area (Å²) in [6.07, 6.45) is -2.97. The number of hydrogen-bond donors (Lipinski definition) is 1. The molecule has 0 radical (unpaired) electrons. The van der Waals surface area contributed by atoms with E-state index in [1.165, 1.54) is 24.3 Å². The van der Waals surface area contributed by atoms with E-state index in [-0.39, 0.29) is 35.9 Å². The summed E-state index contributed by atoms with van der Waals surface area (Å²) < 4.78 is 44.7. The van der Waals surface area contributed by atoms with Crippen LogP contribution in [0.1, 0.15) is 68.9 Å². The van der Waals surface area contributed by atoms with Crippen molar-refractivity contribution in [1.82, 2.24) is 10.2 Å². The minimum Gasteiger partial charge on any atom is -0.376 e. The van der Waals surface area contributed by atoms with Crippen LogP contribution in [0.4, 0.5) is 13.2 Å². The summed E-state index contributed by atoms with van der Waals surface area (Å²) in [4.78, 5) is 39.4. The van der Waals surface area contributed by atoms with Gasteiger partial charge in [0.05, 0.1) is 29.3 Å². The molecule has 9 heteroatoms. The molecular weight excluding hydrogens is 449 g/mol. The first-order valence-corrected chi connectivity index (χ1v) is 11.1. The van der Waals surface area contributed by atoms with Gasteiger partial charge >= 0.3 is 6.18 Å². The van der Waals surface area contributed by atoms with Crippen LogP contribution in [0.25, 0.3) is 0 Å². The number of rotatable bonds is 6. The standard InChI is InChI=1S/C25H25F3N2O4/c1-24(2,16-5-3-6-17(12-16)25(26,27)28)14-29-21(31)15-8-9-19-20(11-15)23(33)30(22(19)32)13-18-7-4-10-34-18/h3,5-6,8-9,11-12,18H,4,7,10,13-14H2,1-2H3,(H,29,31). The Morgan fingerprint density at radius 2 is 1.76 bits per heavy atom. The fourth-order valence-corrected chi connectivity index (χ4v) is 4.21. The molecule has 1 fully saturated rings. The average molecular weight is 474 g/mol. The molecular formula is C25H25F3N2O4. The van der Waals surface area contributed by atoms with Crippen molar-refractivity contribution in [2.45, 2.75) is 44.4 Å². The first-order valence-electron chi connectivity index (χ1n) is 11.1. The van der Waals surface area contributed by atoms with Crippen LogP contribution in [0.2, 0.25) is 0 Å². The van der Waals surface area contributed by atoms with E-state index in [1.807, 2.05) is 0 Å². The van der Waals surface area contributed by atoms with E-state index in [4.69, 9.17) is 4.74 Å². The highest BCUT2D eigenvalue weighted by Gasteiger charge is 2.38. The number of alkyl halides is 3. The van der Waals surface area contributed by atoms with E-state index in [0.29, 0.717) is 12.2 Å². The predicted molar refractivity (Wildman–Crippen MR) is 118 cm³/mol. The summed E-state index contributed by atoms with van der Waals surface area (Å²) in [5.41, 5.74) is -0.506. The third-order valence-electron chi connectivity index (χ3n) is 6.31. The van der Waals surface area contributed by atoms with Crippen LogP contribution in [0.3, 0.4) is 0 Å². The van der Waals surface area contributed by atoms with E-state index in [9.17, 15) is 27.6 Å². The maximum Gasteiger partial charge on any atom is 0.416 e. The van der Waals surface area contributed by atoms with E-state index in [0.717, 1.165) is 29.9 Å². The second-order valence-electron chi connectivity index (χ2n) is 9.26. The summed E-state index contributed by atoms with van der Waals surface area (Å²) in [6, 6.07) is 9.32. The molecule has 0 aliphatic carbocycles. The summed E-state index contributed by atoms with van der Waals surface area (Å²) in [5.74, 6) is -1.36. The van der Waals surface area contributed by atoms with Crippen LogP contribution in [-0.4, -0.2) is 48.4 Å². The molecule has 2 aliphatic rings. The normalized spacial score (nSPS) is 18.4. The van der Waals surface area contributed by atoms with Crippen LogP contribution in [0.15, 0.2) is 42.5 Å². The molecule has 2 heterocycles. The maximum atomic E-state index is 13.1. The molecule has 2 aliphatic heterocycles. The lowest BCUT2D eigenvalue weighted by atomic mass is 9.83. The highest BCUT2D eigenvalue weighted by Crippen LogP contribution is 2.33. The lowest BCUT2D eigenvalue weighted by Crippen LogP contribution is -2.37. The Morgan fingerprint density at radius 3 is 2.44 bits per heavy atom. The molecule has 1 atom stereocenters. The monoisotopic (exact) mass is 474 g/mol. The van der Waals surface area contributed by atoms with Gasteiger partial charge in [-0.1, -0.05) is 32.0 Å². The first-order chi connectivity index (χ1) is 16.0. The molecule has 180 valence electrons. The quantitative estimate of drug-likeness (QED) is 0.638. The van der Waals surface area contributed by atoms with Gasteiger partial charge in [-0.05, 0) is 42.7 Å². The Hall–Kier alpha value is -3.20. The number of carbonyl (C=O) groups is 3. The van der Waals surface area contributed by atoms with Crippen LogP contribution in [-0.2, 0) is 16.3 Å². The molecule has 1 saturated heterocycles. The largest absolute Gasteiger partial charge is 0.416 e. The van der Waals surface area contributed by atoms with E-state index >= 15 is 0 Å². The smallest absolute Gasteiger partial charge is 0.376 e. The van der Waals surface area contributed by atoms with Crippen LogP contribution in [0, 0.1) is 0 Å². The highest BCUT2D eigenvalue weighted by atomic mass is 19.4. The molecule has 0 aromatic heterocycles. The van der Waals surface area contributed by atoms with E-state index in [2.05, 4.69) is 5.32 Å². The second kappa shape index (κ2) is 8.87. The minimum atomic E-state index is -4.46. The van der Waals surface area contributed by atoms with Gasteiger partial charge < -0.3 is 10.1 Å². The zero-order chi connectivity index (χ0) is 24.7. The van der Waals surface area contributed by atoms with Gasteiger partial charge in [0.1, 0.15) is 0 Å². The summed E-state index contributed by atoms with van der Waals surface area (Å²) >= 11 is 0. The van der Waals surface area contributed by atoms with Crippen molar-refractivity contribution in [2.24, 2.45) is 0 Å². The van der Waals surface area contributed by atoms with Crippen molar-refractivity contribution in [3.63, 3.8) is 0 Å². The third-order valence-corrected chi connectivity index (χ3v) is 6.31. The van der Waals surface area contributed by atoms with Gasteiger partial charge in [0.15, 0.2) is 0 Å². The number of nitrogens with one attached hydrogen (secondary N) is 1. The number of carbonyl (C=O) groups excluding carboxylic acids is 3. The van der Waals surface area contributed by atoms with E-state index < -0.39 is 34.9 Å².